The molecule has 3 aromatic rings. The molecule has 124 valence electrons. The topological polar surface area (TPSA) is 44.4 Å². The molecule has 0 fully saturated rings. The second-order valence-corrected chi connectivity index (χ2v) is 6.96. The van der Waals surface area contributed by atoms with E-state index in [1.165, 1.54) is 0 Å². The number of fused-ring (bicyclic) bond motifs is 2. The van der Waals surface area contributed by atoms with Crippen LogP contribution in [0.3, 0.4) is 0 Å². The Labute approximate surface area is 154 Å². The zero-order chi connectivity index (χ0) is 17.2. The fourth-order valence-electron chi connectivity index (χ4n) is 2.65. The van der Waals surface area contributed by atoms with E-state index in [-0.39, 0.29) is 6.03 Å². The van der Waals surface area contributed by atoms with Crippen molar-refractivity contribution in [1.29, 1.82) is 0 Å². The summed E-state index contributed by atoms with van der Waals surface area (Å²) in [4.78, 5) is 16.6. The van der Waals surface area contributed by atoms with Crippen molar-refractivity contribution in [1.82, 2.24) is 5.43 Å². The first kappa shape index (κ1) is 15.9. The minimum absolute atomic E-state index is 0.278. The molecular formula is C19H14ClN3OS. The lowest BCUT2D eigenvalue weighted by Gasteiger charge is -2.31. The van der Waals surface area contributed by atoms with Crippen LogP contribution in [0.5, 0.6) is 0 Å². The Morgan fingerprint density at radius 3 is 2.44 bits per heavy atom. The molecule has 2 N–H and O–H groups in total. The number of carbonyl (C=O) groups excluding carboxylic acids is 1. The van der Waals surface area contributed by atoms with Crippen LogP contribution in [0.15, 0.2) is 82.6 Å². The van der Waals surface area contributed by atoms with Crippen LogP contribution in [-0.2, 0) is 0 Å². The highest BCUT2D eigenvalue weighted by Gasteiger charge is 2.28. The molecule has 0 saturated heterocycles. The maximum absolute atomic E-state index is 12.9. The highest BCUT2D eigenvalue weighted by molar-refractivity contribution is 7.99. The number of hydrogen-bond donors (Lipinski definition) is 2. The van der Waals surface area contributed by atoms with Gasteiger partial charge in [0.2, 0.25) is 0 Å². The van der Waals surface area contributed by atoms with Crippen molar-refractivity contribution < 1.29 is 4.79 Å². The summed E-state index contributed by atoms with van der Waals surface area (Å²) in [5.41, 5.74) is 8.09. The fraction of sp³-hybridized carbons (Fsp3) is 0. The van der Waals surface area contributed by atoms with Gasteiger partial charge in [-0.2, -0.15) is 0 Å². The maximum Gasteiger partial charge on any atom is 0.345 e. The van der Waals surface area contributed by atoms with E-state index in [0.29, 0.717) is 5.02 Å². The predicted octanol–water partition coefficient (Wildman–Crippen LogP) is 5.68. The van der Waals surface area contributed by atoms with Crippen molar-refractivity contribution in [3.8, 4) is 0 Å². The maximum atomic E-state index is 12.9. The number of amides is 2. The van der Waals surface area contributed by atoms with Gasteiger partial charge >= 0.3 is 6.03 Å². The Morgan fingerprint density at radius 1 is 0.880 bits per heavy atom. The number of benzene rings is 3. The van der Waals surface area contributed by atoms with E-state index in [1.807, 2.05) is 72.8 Å². The van der Waals surface area contributed by atoms with Gasteiger partial charge in [-0.1, -0.05) is 53.7 Å². The average Bonchev–Trinajstić information content (AvgIpc) is 2.65. The van der Waals surface area contributed by atoms with E-state index in [1.54, 1.807) is 16.7 Å². The molecule has 2 amide bonds. The van der Waals surface area contributed by atoms with Crippen molar-refractivity contribution in [2.24, 2.45) is 0 Å². The van der Waals surface area contributed by atoms with Crippen LogP contribution in [-0.4, -0.2) is 6.03 Å². The van der Waals surface area contributed by atoms with Gasteiger partial charge in [0.1, 0.15) is 0 Å². The first-order valence-corrected chi connectivity index (χ1v) is 8.89. The molecule has 0 unspecified atom stereocenters. The number of anilines is 3. The summed E-state index contributed by atoms with van der Waals surface area (Å²) >= 11 is 7.79. The number of para-hydroxylation sites is 2. The van der Waals surface area contributed by atoms with Gasteiger partial charge in [0.15, 0.2) is 0 Å². The molecule has 25 heavy (non-hydrogen) atoms. The van der Waals surface area contributed by atoms with Gasteiger partial charge in [-0.15, -0.1) is 0 Å². The summed E-state index contributed by atoms with van der Waals surface area (Å²) < 4.78 is 0. The average molecular weight is 368 g/mol. The Kier molecular flexibility index (Phi) is 4.26. The monoisotopic (exact) mass is 367 g/mol. The largest absolute Gasteiger partial charge is 0.345 e. The number of carbonyl (C=O) groups is 1. The van der Waals surface area contributed by atoms with Crippen molar-refractivity contribution in [2.75, 3.05) is 10.3 Å². The highest BCUT2D eigenvalue weighted by atomic mass is 35.5. The second-order valence-electron chi connectivity index (χ2n) is 5.44. The van der Waals surface area contributed by atoms with Crippen molar-refractivity contribution in [2.45, 2.75) is 9.79 Å². The van der Waals surface area contributed by atoms with Gasteiger partial charge in [-0.3, -0.25) is 15.8 Å². The fourth-order valence-corrected chi connectivity index (χ4v) is 3.85. The first-order chi connectivity index (χ1) is 12.2. The molecule has 3 aromatic carbocycles. The third kappa shape index (κ3) is 3.16. The highest BCUT2D eigenvalue weighted by Crippen LogP contribution is 2.48. The molecule has 6 heteroatoms. The minimum atomic E-state index is -0.278. The van der Waals surface area contributed by atoms with E-state index in [0.717, 1.165) is 26.9 Å². The summed E-state index contributed by atoms with van der Waals surface area (Å²) in [5.74, 6) is 0. The van der Waals surface area contributed by atoms with Crippen LogP contribution in [0.2, 0.25) is 5.02 Å². The molecule has 0 aromatic heterocycles. The summed E-state index contributed by atoms with van der Waals surface area (Å²) in [5, 5.41) is 0.590. The number of nitrogens with one attached hydrogen (secondary N) is 2. The molecule has 0 spiro atoms. The van der Waals surface area contributed by atoms with Gasteiger partial charge in [0.05, 0.1) is 17.1 Å². The van der Waals surface area contributed by atoms with Gasteiger partial charge < -0.3 is 0 Å². The number of rotatable bonds is 2. The number of hydrogen-bond acceptors (Lipinski definition) is 3. The molecular weight excluding hydrogens is 354 g/mol. The summed E-state index contributed by atoms with van der Waals surface area (Å²) in [6.45, 7) is 0. The molecule has 4 rings (SSSR count). The molecule has 0 radical (unpaired) electrons. The first-order valence-electron chi connectivity index (χ1n) is 7.70. The molecule has 0 bridgehead atoms. The zero-order valence-corrected chi connectivity index (χ0v) is 14.6. The van der Waals surface area contributed by atoms with E-state index in [2.05, 4.69) is 10.9 Å². The lowest BCUT2D eigenvalue weighted by atomic mass is 10.2. The number of hydrazine groups is 1. The quantitative estimate of drug-likeness (QED) is 0.573. The second kappa shape index (κ2) is 6.70. The summed E-state index contributed by atoms with van der Waals surface area (Å²) in [6.07, 6.45) is 0. The summed E-state index contributed by atoms with van der Waals surface area (Å²) in [7, 11) is 0. The van der Waals surface area contributed by atoms with Crippen LogP contribution in [0.4, 0.5) is 21.9 Å². The third-order valence-corrected chi connectivity index (χ3v) is 5.14. The van der Waals surface area contributed by atoms with Gasteiger partial charge in [-0.25, -0.2) is 4.79 Å². The summed E-state index contributed by atoms with van der Waals surface area (Å²) in [6, 6.07) is 22.6. The van der Waals surface area contributed by atoms with Crippen LogP contribution in [0, 0.1) is 0 Å². The van der Waals surface area contributed by atoms with E-state index in [9.17, 15) is 4.79 Å². The van der Waals surface area contributed by atoms with Crippen LogP contribution >= 0.6 is 23.4 Å². The minimum Gasteiger partial charge on any atom is -0.297 e. The number of nitrogens with zero attached hydrogens (tertiary/aromatic N) is 1. The van der Waals surface area contributed by atoms with Crippen LogP contribution in [0.25, 0.3) is 0 Å². The SMILES string of the molecule is O=C(NNc1ccccc1)N1c2ccccc2Sc2ccc(Cl)cc21. The molecule has 0 atom stereocenters. The van der Waals surface area contributed by atoms with E-state index in [4.69, 9.17) is 11.6 Å². The zero-order valence-electron chi connectivity index (χ0n) is 13.1. The lowest BCUT2D eigenvalue weighted by molar-refractivity contribution is 0.250. The Hall–Kier alpha value is -2.63. The Morgan fingerprint density at radius 2 is 1.60 bits per heavy atom. The molecule has 1 aliphatic heterocycles. The van der Waals surface area contributed by atoms with Crippen molar-refractivity contribution in [3.63, 3.8) is 0 Å². The smallest absolute Gasteiger partial charge is 0.297 e. The lowest BCUT2D eigenvalue weighted by Crippen LogP contribution is -2.41. The number of urea groups is 1. The van der Waals surface area contributed by atoms with Gasteiger partial charge in [-0.05, 0) is 42.5 Å². The van der Waals surface area contributed by atoms with Gasteiger partial charge in [0, 0.05) is 14.8 Å². The Balaban J connectivity index is 1.68. The van der Waals surface area contributed by atoms with E-state index < -0.39 is 0 Å². The standard InChI is InChI=1S/C19H14ClN3OS/c20-13-10-11-18-16(12-13)23(15-8-4-5-9-17(15)25-18)19(24)22-21-14-6-2-1-3-7-14/h1-12,21H,(H,22,24). The molecule has 1 aliphatic rings. The number of halogens is 1. The van der Waals surface area contributed by atoms with Crippen LogP contribution < -0.4 is 15.8 Å². The Bertz CT molecular complexity index is 933. The molecule has 4 nitrogen and oxygen atoms in total. The van der Waals surface area contributed by atoms with Crippen molar-refractivity contribution in [3.05, 3.63) is 77.8 Å². The van der Waals surface area contributed by atoms with Crippen LogP contribution in [0.1, 0.15) is 0 Å². The van der Waals surface area contributed by atoms with Crippen molar-refractivity contribution >= 4 is 46.5 Å². The predicted molar refractivity (Wildman–Crippen MR) is 103 cm³/mol. The normalized spacial score (nSPS) is 12.1. The molecule has 0 aliphatic carbocycles. The molecule has 0 saturated carbocycles. The van der Waals surface area contributed by atoms with E-state index >= 15 is 0 Å². The third-order valence-electron chi connectivity index (χ3n) is 3.78. The molecule has 1 heterocycles. The van der Waals surface area contributed by atoms with Gasteiger partial charge in [0.25, 0.3) is 0 Å².